The second kappa shape index (κ2) is 7.46. The van der Waals surface area contributed by atoms with Gasteiger partial charge >= 0.3 is 0 Å². The number of aromatic nitrogens is 1. The average molecular weight is 275 g/mol. The molecule has 1 unspecified atom stereocenters. The molecule has 0 saturated heterocycles. The Balaban J connectivity index is 3.02. The third-order valence-corrected chi connectivity index (χ3v) is 3.15. The Morgan fingerprint density at radius 2 is 2.30 bits per heavy atom. The Morgan fingerprint density at radius 1 is 1.60 bits per heavy atom. The van der Waals surface area contributed by atoms with Gasteiger partial charge in [0.1, 0.15) is 5.82 Å². The van der Waals surface area contributed by atoms with Gasteiger partial charge in [-0.15, -0.1) is 0 Å². The number of nitrogens with two attached hydrogens (primary N) is 1. The molecule has 1 heterocycles. The Labute approximate surface area is 119 Å². The summed E-state index contributed by atoms with van der Waals surface area (Å²) in [5, 5.41) is 8.71. The van der Waals surface area contributed by atoms with E-state index in [0.717, 1.165) is 18.5 Å². The third-order valence-electron chi connectivity index (χ3n) is 3.15. The van der Waals surface area contributed by atoms with Gasteiger partial charge in [0.15, 0.2) is 0 Å². The Hall–Kier alpha value is -2.13. The highest BCUT2D eigenvalue weighted by Gasteiger charge is 2.18. The largest absolute Gasteiger partial charge is 0.338 e. The maximum absolute atomic E-state index is 12.4. The number of aryl methyl sites for hydroxylation is 1. The molecule has 108 valence electrons. The molecule has 6 nitrogen and oxygen atoms in total. The number of rotatable bonds is 6. The first kappa shape index (κ1) is 15.9. The first-order valence-corrected chi connectivity index (χ1v) is 6.65. The first-order chi connectivity index (χ1) is 9.53. The van der Waals surface area contributed by atoms with Crippen molar-refractivity contribution in [3.63, 3.8) is 0 Å². The first-order valence-electron chi connectivity index (χ1n) is 6.65. The second-order valence-corrected chi connectivity index (χ2v) is 4.75. The van der Waals surface area contributed by atoms with Crippen molar-refractivity contribution < 1.29 is 4.79 Å². The number of carbonyl (C=O) groups is 1. The lowest BCUT2D eigenvalue weighted by Crippen LogP contribution is -2.35. The van der Waals surface area contributed by atoms with Crippen LogP contribution in [0.5, 0.6) is 0 Å². The van der Waals surface area contributed by atoms with Crippen LogP contribution in [0.1, 0.15) is 42.7 Å². The summed E-state index contributed by atoms with van der Waals surface area (Å²) in [5.74, 6) is 5.72. The van der Waals surface area contributed by atoms with Crippen LogP contribution in [0.25, 0.3) is 0 Å². The van der Waals surface area contributed by atoms with Crippen molar-refractivity contribution in [3.05, 3.63) is 23.4 Å². The highest BCUT2D eigenvalue weighted by Crippen LogP contribution is 2.15. The Kier molecular flexibility index (Phi) is 5.94. The number of carbonyl (C=O) groups excluding carboxylic acids is 1. The summed E-state index contributed by atoms with van der Waals surface area (Å²) >= 11 is 0. The van der Waals surface area contributed by atoms with Crippen LogP contribution >= 0.6 is 0 Å². The van der Waals surface area contributed by atoms with Crippen LogP contribution in [0.2, 0.25) is 0 Å². The molecule has 0 bridgehead atoms. The standard InChI is InChI=1S/C14H21N5O/c1-4-5-12-8-11(9-13(17-12)18-16)14(20)19(3)10(2)6-7-15/h8-10H,4-6,16H2,1-3H3,(H,17,18). The van der Waals surface area contributed by atoms with Gasteiger partial charge in [-0.25, -0.2) is 10.8 Å². The Morgan fingerprint density at radius 3 is 2.85 bits per heavy atom. The van der Waals surface area contributed by atoms with E-state index in [1.54, 1.807) is 24.1 Å². The summed E-state index contributed by atoms with van der Waals surface area (Å²) in [4.78, 5) is 18.3. The molecule has 0 saturated carbocycles. The zero-order valence-corrected chi connectivity index (χ0v) is 12.2. The molecular formula is C14H21N5O. The van der Waals surface area contributed by atoms with Crippen molar-refractivity contribution in [2.75, 3.05) is 12.5 Å². The molecule has 0 aromatic carbocycles. The molecular weight excluding hydrogens is 254 g/mol. The van der Waals surface area contributed by atoms with Gasteiger partial charge in [-0.3, -0.25) is 4.79 Å². The lowest BCUT2D eigenvalue weighted by Gasteiger charge is -2.23. The molecule has 0 spiro atoms. The van der Waals surface area contributed by atoms with E-state index < -0.39 is 0 Å². The summed E-state index contributed by atoms with van der Waals surface area (Å²) in [6, 6.07) is 5.34. The van der Waals surface area contributed by atoms with Crippen LogP contribution in [0.4, 0.5) is 5.82 Å². The lowest BCUT2D eigenvalue weighted by atomic mass is 10.1. The number of hydrogen-bond donors (Lipinski definition) is 2. The van der Waals surface area contributed by atoms with Crippen molar-refractivity contribution in [1.82, 2.24) is 9.88 Å². The molecule has 1 amide bonds. The minimum Gasteiger partial charge on any atom is -0.338 e. The van der Waals surface area contributed by atoms with E-state index >= 15 is 0 Å². The van der Waals surface area contributed by atoms with Gasteiger partial charge in [0.2, 0.25) is 0 Å². The summed E-state index contributed by atoms with van der Waals surface area (Å²) in [6.07, 6.45) is 2.03. The van der Waals surface area contributed by atoms with Gasteiger partial charge in [0.05, 0.1) is 12.5 Å². The summed E-state index contributed by atoms with van der Waals surface area (Å²) in [6.45, 7) is 3.89. The van der Waals surface area contributed by atoms with Crippen LogP contribution in [0.15, 0.2) is 12.1 Å². The van der Waals surface area contributed by atoms with E-state index in [9.17, 15) is 4.79 Å². The fourth-order valence-corrected chi connectivity index (χ4v) is 1.84. The van der Waals surface area contributed by atoms with Crippen molar-refractivity contribution in [1.29, 1.82) is 5.26 Å². The molecule has 0 aliphatic carbocycles. The van der Waals surface area contributed by atoms with E-state index in [1.165, 1.54) is 0 Å². The Bertz CT molecular complexity index is 509. The summed E-state index contributed by atoms with van der Waals surface area (Å²) in [7, 11) is 1.69. The predicted octanol–water partition coefficient (Wildman–Crippen LogP) is 1.69. The minimum atomic E-state index is -0.135. The van der Waals surface area contributed by atoms with E-state index in [2.05, 4.69) is 16.5 Å². The number of nitriles is 1. The van der Waals surface area contributed by atoms with Crippen LogP contribution in [-0.2, 0) is 6.42 Å². The number of anilines is 1. The number of amides is 1. The van der Waals surface area contributed by atoms with Crippen LogP contribution in [-0.4, -0.2) is 28.9 Å². The monoisotopic (exact) mass is 275 g/mol. The SMILES string of the molecule is CCCc1cc(C(=O)N(C)C(C)CC#N)cc(NN)n1. The lowest BCUT2D eigenvalue weighted by molar-refractivity contribution is 0.0746. The quantitative estimate of drug-likeness (QED) is 0.608. The van der Waals surface area contributed by atoms with E-state index in [-0.39, 0.29) is 11.9 Å². The van der Waals surface area contributed by atoms with Crippen LogP contribution < -0.4 is 11.3 Å². The predicted molar refractivity (Wildman–Crippen MR) is 77.8 cm³/mol. The second-order valence-electron chi connectivity index (χ2n) is 4.75. The number of hydrazine groups is 1. The molecule has 1 aromatic rings. The van der Waals surface area contributed by atoms with Crippen molar-refractivity contribution in [2.24, 2.45) is 5.84 Å². The summed E-state index contributed by atoms with van der Waals surface area (Å²) < 4.78 is 0. The summed E-state index contributed by atoms with van der Waals surface area (Å²) in [5.41, 5.74) is 3.84. The smallest absolute Gasteiger partial charge is 0.254 e. The zero-order valence-electron chi connectivity index (χ0n) is 12.2. The van der Waals surface area contributed by atoms with Crippen molar-refractivity contribution in [2.45, 2.75) is 39.2 Å². The van der Waals surface area contributed by atoms with E-state index in [0.29, 0.717) is 17.8 Å². The molecule has 0 radical (unpaired) electrons. The maximum atomic E-state index is 12.4. The molecule has 0 aliphatic heterocycles. The molecule has 3 N–H and O–H groups in total. The van der Waals surface area contributed by atoms with Gasteiger partial charge in [-0.1, -0.05) is 13.3 Å². The molecule has 1 aromatic heterocycles. The van der Waals surface area contributed by atoms with Gasteiger partial charge in [0.25, 0.3) is 5.91 Å². The maximum Gasteiger partial charge on any atom is 0.254 e. The topological polar surface area (TPSA) is 95.0 Å². The molecule has 6 heteroatoms. The number of pyridine rings is 1. The molecule has 1 atom stereocenters. The number of nitrogens with one attached hydrogen (secondary N) is 1. The van der Waals surface area contributed by atoms with E-state index in [1.807, 2.05) is 13.8 Å². The van der Waals surface area contributed by atoms with Gasteiger partial charge in [0, 0.05) is 24.3 Å². The highest BCUT2D eigenvalue weighted by atomic mass is 16.2. The van der Waals surface area contributed by atoms with E-state index in [4.69, 9.17) is 11.1 Å². The third kappa shape index (κ3) is 3.93. The number of hydrogen-bond acceptors (Lipinski definition) is 5. The van der Waals surface area contributed by atoms with Crippen LogP contribution in [0.3, 0.4) is 0 Å². The number of nitrogen functional groups attached to an aromatic ring is 1. The fraction of sp³-hybridized carbons (Fsp3) is 0.500. The minimum absolute atomic E-state index is 0.135. The van der Waals surface area contributed by atoms with Crippen molar-refractivity contribution in [3.8, 4) is 6.07 Å². The normalized spacial score (nSPS) is 11.6. The number of nitrogens with zero attached hydrogens (tertiary/aromatic N) is 3. The van der Waals surface area contributed by atoms with Gasteiger partial charge < -0.3 is 10.3 Å². The molecule has 0 aliphatic rings. The van der Waals surface area contributed by atoms with Crippen molar-refractivity contribution >= 4 is 11.7 Å². The molecule has 1 rings (SSSR count). The highest BCUT2D eigenvalue weighted by molar-refractivity contribution is 5.95. The zero-order chi connectivity index (χ0) is 15.1. The van der Waals surface area contributed by atoms with Crippen LogP contribution in [0, 0.1) is 11.3 Å². The fourth-order valence-electron chi connectivity index (χ4n) is 1.84. The molecule has 0 fully saturated rings. The average Bonchev–Trinajstić information content (AvgIpc) is 2.45. The van der Waals surface area contributed by atoms with Gasteiger partial charge in [-0.2, -0.15) is 5.26 Å². The van der Waals surface area contributed by atoms with Gasteiger partial charge in [-0.05, 0) is 25.5 Å². The molecule has 20 heavy (non-hydrogen) atoms.